The van der Waals surface area contributed by atoms with E-state index in [0.717, 1.165) is 35.7 Å². The molecule has 3 N–H and O–H groups in total. The zero-order chi connectivity index (χ0) is 14.1. The Morgan fingerprint density at radius 2 is 2.20 bits per heavy atom. The smallest absolute Gasteiger partial charge is 0.194 e. The summed E-state index contributed by atoms with van der Waals surface area (Å²) in [7, 11) is 0. The lowest BCUT2D eigenvalue weighted by molar-refractivity contribution is 0.888. The van der Waals surface area contributed by atoms with Gasteiger partial charge in [0.05, 0.1) is 0 Å². The van der Waals surface area contributed by atoms with Gasteiger partial charge in [0.2, 0.25) is 0 Å². The fourth-order valence-electron chi connectivity index (χ4n) is 2.29. The molecule has 1 aliphatic rings. The summed E-state index contributed by atoms with van der Waals surface area (Å²) in [6.07, 6.45) is 4.87. The SMILES string of the molecule is Cc1ccnc(Sc2nc3c(cc2C(=N)N)CCC3)n1. The van der Waals surface area contributed by atoms with Crippen LogP contribution in [-0.4, -0.2) is 20.8 Å². The predicted molar refractivity (Wildman–Crippen MR) is 78.2 cm³/mol. The number of pyridine rings is 1. The van der Waals surface area contributed by atoms with Gasteiger partial charge in [-0.15, -0.1) is 0 Å². The van der Waals surface area contributed by atoms with Crippen molar-refractivity contribution < 1.29 is 0 Å². The van der Waals surface area contributed by atoms with Gasteiger partial charge in [-0.25, -0.2) is 15.0 Å². The Hall–Kier alpha value is -1.95. The van der Waals surface area contributed by atoms with Gasteiger partial charge in [-0.1, -0.05) is 0 Å². The zero-order valence-corrected chi connectivity index (χ0v) is 12.0. The minimum Gasteiger partial charge on any atom is -0.384 e. The van der Waals surface area contributed by atoms with Gasteiger partial charge in [0.15, 0.2) is 5.16 Å². The first kappa shape index (κ1) is 13.1. The molecule has 0 fully saturated rings. The minimum absolute atomic E-state index is 0.0438. The summed E-state index contributed by atoms with van der Waals surface area (Å²) in [5.74, 6) is 0.0438. The summed E-state index contributed by atoms with van der Waals surface area (Å²) in [6, 6.07) is 3.85. The van der Waals surface area contributed by atoms with Crippen molar-refractivity contribution in [1.29, 1.82) is 5.41 Å². The van der Waals surface area contributed by atoms with Crippen molar-refractivity contribution in [3.63, 3.8) is 0 Å². The lowest BCUT2D eigenvalue weighted by atomic mass is 10.1. The second-order valence-corrected chi connectivity index (χ2v) is 5.75. The lowest BCUT2D eigenvalue weighted by Gasteiger charge is -2.09. The van der Waals surface area contributed by atoms with Crippen molar-refractivity contribution in [1.82, 2.24) is 15.0 Å². The third-order valence-electron chi connectivity index (χ3n) is 3.27. The molecule has 0 atom stereocenters. The molecule has 0 aliphatic heterocycles. The molecule has 6 heteroatoms. The van der Waals surface area contributed by atoms with Crippen molar-refractivity contribution in [2.75, 3.05) is 0 Å². The number of rotatable bonds is 3. The molecule has 0 aromatic carbocycles. The average Bonchev–Trinajstić information content (AvgIpc) is 2.84. The summed E-state index contributed by atoms with van der Waals surface area (Å²) in [5.41, 5.74) is 9.60. The van der Waals surface area contributed by atoms with Crippen LogP contribution < -0.4 is 5.73 Å². The number of aryl methyl sites for hydroxylation is 3. The Balaban J connectivity index is 2.01. The van der Waals surface area contributed by atoms with E-state index >= 15 is 0 Å². The van der Waals surface area contributed by atoms with Crippen LogP contribution in [0.5, 0.6) is 0 Å². The summed E-state index contributed by atoms with van der Waals surface area (Å²) < 4.78 is 0. The topological polar surface area (TPSA) is 88.5 Å². The fraction of sp³-hybridized carbons (Fsp3) is 0.286. The first-order valence-corrected chi connectivity index (χ1v) is 7.30. The summed E-state index contributed by atoms with van der Waals surface area (Å²) in [5, 5.41) is 9.09. The van der Waals surface area contributed by atoms with Crippen LogP contribution in [0.3, 0.4) is 0 Å². The number of nitrogen functional groups attached to an aromatic ring is 1. The predicted octanol–water partition coefficient (Wildman–Crippen LogP) is 2.10. The molecule has 0 radical (unpaired) electrons. The summed E-state index contributed by atoms with van der Waals surface area (Å²) in [6.45, 7) is 1.92. The molecule has 2 aromatic rings. The Kier molecular flexibility index (Phi) is 3.40. The molecule has 2 aromatic heterocycles. The van der Waals surface area contributed by atoms with Gasteiger partial charge >= 0.3 is 0 Å². The van der Waals surface area contributed by atoms with Crippen molar-refractivity contribution in [2.45, 2.75) is 36.4 Å². The second-order valence-electron chi connectivity index (χ2n) is 4.80. The summed E-state index contributed by atoms with van der Waals surface area (Å²) >= 11 is 1.37. The third-order valence-corrected chi connectivity index (χ3v) is 4.15. The first-order valence-electron chi connectivity index (χ1n) is 6.48. The highest BCUT2D eigenvalue weighted by Gasteiger charge is 2.19. The maximum absolute atomic E-state index is 7.73. The molecule has 0 amide bonds. The molecular formula is C14H15N5S. The molecule has 0 bridgehead atoms. The van der Waals surface area contributed by atoms with Crippen LogP contribution >= 0.6 is 11.8 Å². The number of nitrogens with zero attached hydrogens (tertiary/aromatic N) is 3. The number of fused-ring (bicyclic) bond motifs is 1. The number of aromatic nitrogens is 3. The standard InChI is InChI=1S/C14H15N5S/c1-8-5-6-17-14(18-8)20-13-10(12(15)16)7-9-3-2-4-11(9)19-13/h5-7H,2-4H2,1H3,(H3,15,16). The summed E-state index contributed by atoms with van der Waals surface area (Å²) in [4.78, 5) is 13.3. The molecule has 5 nitrogen and oxygen atoms in total. The van der Waals surface area contributed by atoms with E-state index in [4.69, 9.17) is 11.1 Å². The van der Waals surface area contributed by atoms with E-state index in [0.29, 0.717) is 10.7 Å². The first-order chi connectivity index (χ1) is 9.63. The van der Waals surface area contributed by atoms with Crippen LogP contribution in [0.2, 0.25) is 0 Å². The minimum atomic E-state index is 0.0438. The highest BCUT2D eigenvalue weighted by atomic mass is 32.2. The van der Waals surface area contributed by atoms with Crippen LogP contribution in [0, 0.1) is 12.3 Å². The fourth-order valence-corrected chi connectivity index (χ4v) is 3.20. The Labute approximate surface area is 121 Å². The normalized spacial score (nSPS) is 13.2. The Morgan fingerprint density at radius 1 is 1.35 bits per heavy atom. The van der Waals surface area contributed by atoms with Crippen molar-refractivity contribution >= 4 is 17.6 Å². The van der Waals surface area contributed by atoms with Crippen molar-refractivity contribution in [2.24, 2.45) is 5.73 Å². The van der Waals surface area contributed by atoms with Gasteiger partial charge in [-0.05, 0) is 55.6 Å². The molecule has 1 aliphatic carbocycles. The highest BCUT2D eigenvalue weighted by Crippen LogP contribution is 2.30. The molecule has 0 spiro atoms. The van der Waals surface area contributed by atoms with Crippen molar-refractivity contribution in [3.05, 3.63) is 40.8 Å². The number of amidine groups is 1. The molecule has 0 saturated carbocycles. The number of hydrogen-bond donors (Lipinski definition) is 2. The third kappa shape index (κ3) is 2.51. The Bertz CT molecular complexity index is 683. The molecule has 20 heavy (non-hydrogen) atoms. The van der Waals surface area contributed by atoms with Gasteiger partial charge < -0.3 is 5.73 Å². The van der Waals surface area contributed by atoms with E-state index in [1.807, 2.05) is 19.1 Å². The second kappa shape index (κ2) is 5.20. The Morgan fingerprint density at radius 3 is 2.95 bits per heavy atom. The van der Waals surface area contributed by atoms with Crippen LogP contribution in [0.15, 0.2) is 28.5 Å². The van der Waals surface area contributed by atoms with E-state index in [9.17, 15) is 0 Å². The van der Waals surface area contributed by atoms with Crippen LogP contribution in [-0.2, 0) is 12.8 Å². The average molecular weight is 285 g/mol. The molecule has 3 rings (SSSR count). The van der Waals surface area contributed by atoms with E-state index in [-0.39, 0.29) is 5.84 Å². The molecule has 2 heterocycles. The van der Waals surface area contributed by atoms with Gasteiger partial charge in [0.25, 0.3) is 0 Å². The quantitative estimate of drug-likeness (QED) is 0.512. The monoisotopic (exact) mass is 285 g/mol. The van der Waals surface area contributed by atoms with Gasteiger partial charge in [-0.3, -0.25) is 5.41 Å². The largest absolute Gasteiger partial charge is 0.384 e. The molecule has 0 unspecified atom stereocenters. The van der Waals surface area contributed by atoms with E-state index in [2.05, 4.69) is 15.0 Å². The molecule has 0 saturated heterocycles. The van der Waals surface area contributed by atoms with Gasteiger partial charge in [-0.2, -0.15) is 0 Å². The maximum atomic E-state index is 7.73. The number of hydrogen-bond acceptors (Lipinski definition) is 5. The van der Waals surface area contributed by atoms with Crippen molar-refractivity contribution in [3.8, 4) is 0 Å². The van der Waals surface area contributed by atoms with Gasteiger partial charge in [0, 0.05) is 23.1 Å². The van der Waals surface area contributed by atoms with Crippen LogP contribution in [0.1, 0.15) is 28.9 Å². The van der Waals surface area contributed by atoms with E-state index < -0.39 is 0 Å². The van der Waals surface area contributed by atoms with Crippen LogP contribution in [0.4, 0.5) is 0 Å². The lowest BCUT2D eigenvalue weighted by Crippen LogP contribution is -2.14. The molecular weight excluding hydrogens is 270 g/mol. The van der Waals surface area contributed by atoms with Gasteiger partial charge in [0.1, 0.15) is 10.9 Å². The van der Waals surface area contributed by atoms with E-state index in [1.165, 1.54) is 17.3 Å². The number of nitrogens with one attached hydrogen (secondary N) is 1. The maximum Gasteiger partial charge on any atom is 0.194 e. The zero-order valence-electron chi connectivity index (χ0n) is 11.2. The number of nitrogens with two attached hydrogens (primary N) is 1. The van der Waals surface area contributed by atoms with E-state index in [1.54, 1.807) is 6.20 Å². The highest BCUT2D eigenvalue weighted by molar-refractivity contribution is 7.99. The van der Waals surface area contributed by atoms with Crippen LogP contribution in [0.25, 0.3) is 0 Å². The molecule has 102 valence electrons.